The van der Waals surface area contributed by atoms with Crippen LogP contribution in [0.4, 0.5) is 4.39 Å². The van der Waals surface area contributed by atoms with Crippen LogP contribution < -0.4 is 5.73 Å². The summed E-state index contributed by atoms with van der Waals surface area (Å²) in [5.41, 5.74) is 7.74. The van der Waals surface area contributed by atoms with Crippen molar-refractivity contribution in [2.75, 3.05) is 6.54 Å². The zero-order valence-electron chi connectivity index (χ0n) is 19.2. The van der Waals surface area contributed by atoms with Gasteiger partial charge in [-0.2, -0.15) is 5.26 Å². The average Bonchev–Trinajstić information content (AvgIpc) is 3.18. The molecule has 0 spiro atoms. The largest absolute Gasteiger partial charge is 0.386 e. The normalized spacial score (nSPS) is 27.8. The maximum atomic E-state index is 15.2. The van der Waals surface area contributed by atoms with Crippen molar-refractivity contribution >= 4 is 21.3 Å². The van der Waals surface area contributed by atoms with Crippen LogP contribution >= 0.6 is 0 Å². The van der Waals surface area contributed by atoms with E-state index in [1.54, 1.807) is 58.0 Å². The summed E-state index contributed by atoms with van der Waals surface area (Å²) >= 11 is 0. The van der Waals surface area contributed by atoms with Crippen molar-refractivity contribution in [1.82, 2.24) is 0 Å². The molecule has 172 valence electrons. The highest BCUT2D eigenvalue weighted by atomic mass is 32.2. The van der Waals surface area contributed by atoms with Gasteiger partial charge >= 0.3 is 0 Å². The Bertz CT molecular complexity index is 1360. The summed E-state index contributed by atoms with van der Waals surface area (Å²) in [6, 6.07) is 11.5. The number of carbonyl (C=O) groups excluding carboxylic acids is 1. The lowest BCUT2D eigenvalue weighted by molar-refractivity contribution is 0.0992. The van der Waals surface area contributed by atoms with Crippen molar-refractivity contribution in [2.24, 2.45) is 15.1 Å². The Labute approximate surface area is 193 Å². The lowest BCUT2D eigenvalue weighted by Crippen LogP contribution is -2.58. The number of carbonyl (C=O) groups is 1. The summed E-state index contributed by atoms with van der Waals surface area (Å²) in [5, 5.41) is 8.57. The van der Waals surface area contributed by atoms with Gasteiger partial charge in [0, 0.05) is 24.1 Å². The molecular weight excluding hydrogens is 439 g/mol. The van der Waals surface area contributed by atoms with Gasteiger partial charge < -0.3 is 5.73 Å². The van der Waals surface area contributed by atoms with E-state index in [1.165, 1.54) is 6.07 Å². The second-order valence-corrected chi connectivity index (χ2v) is 12.4. The first-order chi connectivity index (χ1) is 15.4. The molecule has 2 aromatic rings. The van der Waals surface area contributed by atoms with Crippen molar-refractivity contribution < 1.29 is 13.4 Å². The number of nitrogens with two attached hydrogens (primary N) is 1. The Kier molecular flexibility index (Phi) is 5.44. The Morgan fingerprint density at radius 1 is 1.27 bits per heavy atom. The molecule has 6 nitrogen and oxygen atoms in total. The molecule has 0 saturated carbocycles. The number of nitriles is 1. The van der Waals surface area contributed by atoms with Crippen molar-refractivity contribution in [3.8, 4) is 6.07 Å². The first-order valence-corrected chi connectivity index (χ1v) is 12.4. The number of nitrogens with zero attached hydrogens (tertiary/aromatic N) is 3. The monoisotopic (exact) mass is 466 g/mol. The maximum Gasteiger partial charge on any atom is 0.167 e. The highest BCUT2D eigenvalue weighted by Gasteiger charge is 2.56. The first-order valence-electron chi connectivity index (χ1n) is 10.8. The quantitative estimate of drug-likeness (QED) is 0.686. The molecule has 0 fully saturated rings. The van der Waals surface area contributed by atoms with Gasteiger partial charge in [-0.3, -0.25) is 9.79 Å². The summed E-state index contributed by atoms with van der Waals surface area (Å²) in [6.07, 6.45) is 0.591. The van der Waals surface area contributed by atoms with Crippen LogP contribution in [0, 0.1) is 24.1 Å². The molecule has 0 saturated heterocycles. The van der Waals surface area contributed by atoms with Crippen LogP contribution in [-0.4, -0.2) is 32.4 Å². The first kappa shape index (κ1) is 23.1. The maximum absolute atomic E-state index is 15.2. The number of aliphatic imine (C=N–C) groups is 1. The lowest BCUT2D eigenvalue weighted by atomic mass is 9.84. The summed E-state index contributed by atoms with van der Waals surface area (Å²) < 4.78 is 32.6. The molecule has 33 heavy (non-hydrogen) atoms. The minimum atomic E-state index is -2.78. The Balaban J connectivity index is 1.75. The number of rotatable bonds is 4. The molecule has 2 aliphatic rings. The minimum Gasteiger partial charge on any atom is -0.386 e. The van der Waals surface area contributed by atoms with Crippen molar-refractivity contribution in [1.29, 1.82) is 5.26 Å². The minimum absolute atomic E-state index is 0.0607. The summed E-state index contributed by atoms with van der Waals surface area (Å²) in [5.74, 6) is -0.411. The van der Waals surface area contributed by atoms with E-state index in [0.29, 0.717) is 35.2 Å². The SMILES string of the molecule is Cc1cc(C#N)ccc1C(=O)Cc1ccc(F)c([C@@]2(C)N=C(N)C(C)(C)[S@@]3(=O)=NCC[C@@H]23)c1. The zero-order valence-corrected chi connectivity index (χ0v) is 20.0. The predicted molar refractivity (Wildman–Crippen MR) is 127 cm³/mol. The Morgan fingerprint density at radius 2 is 2.00 bits per heavy atom. The van der Waals surface area contributed by atoms with E-state index < -0.39 is 31.1 Å². The molecular formula is C25H27FN4O2S. The number of ketones is 1. The molecule has 2 heterocycles. The van der Waals surface area contributed by atoms with E-state index >= 15 is 4.39 Å². The van der Waals surface area contributed by atoms with E-state index in [0.717, 1.165) is 0 Å². The molecule has 2 aromatic carbocycles. The van der Waals surface area contributed by atoms with Gasteiger partial charge in [-0.1, -0.05) is 6.07 Å². The predicted octanol–water partition coefficient (Wildman–Crippen LogP) is 4.04. The van der Waals surface area contributed by atoms with E-state index in [1.807, 2.05) is 0 Å². The highest BCUT2D eigenvalue weighted by molar-refractivity contribution is 7.96. The number of aryl methyl sites for hydroxylation is 1. The van der Waals surface area contributed by atoms with Gasteiger partial charge in [-0.25, -0.2) is 13.0 Å². The van der Waals surface area contributed by atoms with Crippen LogP contribution in [0.15, 0.2) is 45.8 Å². The Morgan fingerprint density at radius 3 is 2.67 bits per heavy atom. The fourth-order valence-electron chi connectivity index (χ4n) is 4.90. The molecule has 0 radical (unpaired) electrons. The smallest absolute Gasteiger partial charge is 0.167 e. The number of fused-ring (bicyclic) bond motifs is 1. The fraction of sp³-hybridized carbons (Fsp3) is 0.400. The third-order valence-electron chi connectivity index (χ3n) is 6.98. The molecule has 0 bridgehead atoms. The highest BCUT2D eigenvalue weighted by Crippen LogP contribution is 2.47. The number of benzene rings is 2. The Hall–Kier alpha value is -3.05. The van der Waals surface area contributed by atoms with E-state index in [9.17, 15) is 9.00 Å². The summed E-state index contributed by atoms with van der Waals surface area (Å²) in [4.78, 5) is 17.7. The van der Waals surface area contributed by atoms with Gasteiger partial charge in [0.15, 0.2) is 5.78 Å². The van der Waals surface area contributed by atoms with Crippen molar-refractivity contribution in [3.63, 3.8) is 0 Å². The van der Waals surface area contributed by atoms with Crippen LogP contribution in [0.1, 0.15) is 59.8 Å². The standard InChI is InChI=1S/C25H27FN4O2S/c1-15-11-17(14-27)5-7-18(15)21(31)13-16-6-8-20(26)19(12-16)25(4)22-9-10-29-33(22,32)24(2,3)23(28)30-25/h5-8,11-12,22H,9-10,13H2,1-4H3,(H2,28,30)/t22-,25+,33+/m0/s1. The van der Waals surface area contributed by atoms with Gasteiger partial charge in [-0.05, 0) is 75.6 Å². The van der Waals surface area contributed by atoms with Crippen LogP contribution in [0.5, 0.6) is 0 Å². The van der Waals surface area contributed by atoms with E-state index in [-0.39, 0.29) is 23.6 Å². The summed E-state index contributed by atoms with van der Waals surface area (Å²) in [6.45, 7) is 7.52. The molecule has 0 aliphatic carbocycles. The molecule has 8 heteroatoms. The molecule has 4 rings (SSSR count). The summed E-state index contributed by atoms with van der Waals surface area (Å²) in [7, 11) is -2.78. The van der Waals surface area contributed by atoms with Gasteiger partial charge in [0.05, 0.1) is 26.6 Å². The van der Waals surface area contributed by atoms with Gasteiger partial charge in [0.1, 0.15) is 21.9 Å². The number of halogens is 1. The zero-order chi connectivity index (χ0) is 24.2. The molecule has 2 aliphatic heterocycles. The van der Waals surface area contributed by atoms with Crippen molar-refractivity contribution in [3.05, 3.63) is 70.0 Å². The molecule has 2 N–H and O–H groups in total. The molecule has 3 atom stereocenters. The number of amidine groups is 1. The molecule has 0 amide bonds. The number of hydrogen-bond donors (Lipinski definition) is 1. The van der Waals surface area contributed by atoms with E-state index in [2.05, 4.69) is 10.4 Å². The number of hydrogen-bond acceptors (Lipinski definition) is 6. The number of Topliss-reactive ketones (excluding diaryl/α,β-unsaturated/α-hetero) is 1. The van der Waals surface area contributed by atoms with Gasteiger partial charge in [-0.15, -0.1) is 0 Å². The van der Waals surface area contributed by atoms with Crippen LogP contribution in [-0.2, 0) is 21.7 Å². The second kappa shape index (κ2) is 7.77. The fourth-order valence-corrected chi connectivity index (χ4v) is 8.06. The third-order valence-corrected chi connectivity index (χ3v) is 10.7. The van der Waals surface area contributed by atoms with Crippen LogP contribution in [0.2, 0.25) is 0 Å². The molecule has 0 aromatic heterocycles. The molecule has 0 unspecified atom stereocenters. The van der Waals surface area contributed by atoms with Gasteiger partial charge in [0.2, 0.25) is 0 Å². The van der Waals surface area contributed by atoms with E-state index in [4.69, 9.17) is 16.0 Å². The average molecular weight is 467 g/mol. The third kappa shape index (κ3) is 3.46. The van der Waals surface area contributed by atoms with Gasteiger partial charge in [0.25, 0.3) is 0 Å². The van der Waals surface area contributed by atoms with Crippen molar-refractivity contribution in [2.45, 2.75) is 56.1 Å². The topological polar surface area (TPSA) is 109 Å². The van der Waals surface area contributed by atoms with Crippen LogP contribution in [0.25, 0.3) is 0 Å². The van der Waals surface area contributed by atoms with Crippen LogP contribution in [0.3, 0.4) is 0 Å². The lowest BCUT2D eigenvalue weighted by Gasteiger charge is -2.44. The second-order valence-electron chi connectivity index (χ2n) is 9.41.